The molecule has 1 aromatic carbocycles. The first-order valence-corrected chi connectivity index (χ1v) is 9.72. The predicted octanol–water partition coefficient (Wildman–Crippen LogP) is 2.66. The molecule has 2 unspecified atom stereocenters. The third-order valence-corrected chi connectivity index (χ3v) is 5.61. The molecule has 1 aliphatic rings. The molecule has 25 heavy (non-hydrogen) atoms. The van der Waals surface area contributed by atoms with E-state index in [4.69, 9.17) is 14.2 Å². The number of hydrogen-bond donors (Lipinski definition) is 2. The Balaban J connectivity index is 2.01. The predicted molar refractivity (Wildman–Crippen MR) is 104 cm³/mol. The van der Waals surface area contributed by atoms with Crippen molar-refractivity contribution in [3.8, 4) is 17.2 Å². The largest absolute Gasteiger partial charge is 0.496 e. The fraction of sp³-hybridized carbons (Fsp3) is 0.611. The minimum Gasteiger partial charge on any atom is -0.496 e. The number of ether oxygens (including phenoxy) is 3. The molecule has 0 bridgehead atoms. The van der Waals surface area contributed by atoms with Crippen LogP contribution in [-0.2, 0) is 6.54 Å². The van der Waals surface area contributed by atoms with E-state index in [2.05, 4.69) is 21.9 Å². The molecule has 0 heterocycles. The van der Waals surface area contributed by atoms with Gasteiger partial charge in [0.25, 0.3) is 0 Å². The maximum absolute atomic E-state index is 5.48. The van der Waals surface area contributed by atoms with Gasteiger partial charge >= 0.3 is 0 Å². The zero-order valence-electron chi connectivity index (χ0n) is 15.7. The average Bonchev–Trinajstić information content (AvgIpc) is 3.11. The van der Waals surface area contributed by atoms with Crippen LogP contribution in [0.1, 0.15) is 24.8 Å². The van der Waals surface area contributed by atoms with Crippen LogP contribution in [0.25, 0.3) is 0 Å². The van der Waals surface area contributed by atoms with E-state index < -0.39 is 0 Å². The number of thioether (sulfide) groups is 1. The lowest BCUT2D eigenvalue weighted by Crippen LogP contribution is -2.42. The Hall–Kier alpha value is -1.76. The highest BCUT2D eigenvalue weighted by Crippen LogP contribution is 2.34. The van der Waals surface area contributed by atoms with Crippen molar-refractivity contribution >= 4 is 17.7 Å². The van der Waals surface area contributed by atoms with Crippen molar-refractivity contribution in [3.05, 3.63) is 17.7 Å². The SMILES string of the molecule is CN=C(NCc1cc(OC)c(OC)cc1OC)NC1CCC(SC)C1. The molecule has 0 saturated heterocycles. The van der Waals surface area contributed by atoms with Gasteiger partial charge in [-0.2, -0.15) is 11.8 Å². The van der Waals surface area contributed by atoms with Gasteiger partial charge in [-0.15, -0.1) is 0 Å². The van der Waals surface area contributed by atoms with Gasteiger partial charge in [-0.1, -0.05) is 0 Å². The summed E-state index contributed by atoms with van der Waals surface area (Å²) >= 11 is 1.95. The molecule has 1 aliphatic carbocycles. The molecule has 0 radical (unpaired) electrons. The van der Waals surface area contributed by atoms with Crippen LogP contribution < -0.4 is 24.8 Å². The van der Waals surface area contributed by atoms with Crippen molar-refractivity contribution in [2.75, 3.05) is 34.6 Å². The summed E-state index contributed by atoms with van der Waals surface area (Å²) in [5, 5.41) is 7.63. The van der Waals surface area contributed by atoms with E-state index in [9.17, 15) is 0 Å². The molecule has 1 saturated carbocycles. The third-order valence-electron chi connectivity index (χ3n) is 4.52. The Morgan fingerprint density at radius 3 is 2.36 bits per heavy atom. The van der Waals surface area contributed by atoms with Gasteiger partial charge in [-0.05, 0) is 31.6 Å². The first-order chi connectivity index (χ1) is 12.1. The van der Waals surface area contributed by atoms with Gasteiger partial charge in [0.15, 0.2) is 17.5 Å². The molecule has 0 aliphatic heterocycles. The molecule has 1 fully saturated rings. The number of aliphatic imine (C=N–C) groups is 1. The standard InChI is InChI=1S/C18H29N3O3S/c1-19-18(21-13-6-7-14(9-13)25-5)20-11-12-8-16(23-3)17(24-4)10-15(12)22-2/h8,10,13-14H,6-7,9,11H2,1-5H3,(H2,19,20,21). The highest BCUT2D eigenvalue weighted by Gasteiger charge is 2.24. The average molecular weight is 368 g/mol. The first kappa shape index (κ1) is 19.6. The molecule has 1 aromatic rings. The van der Waals surface area contributed by atoms with Crippen molar-refractivity contribution in [2.24, 2.45) is 4.99 Å². The number of rotatable bonds is 7. The monoisotopic (exact) mass is 367 g/mol. The minimum atomic E-state index is 0.482. The van der Waals surface area contributed by atoms with Crippen molar-refractivity contribution in [1.29, 1.82) is 0 Å². The second-order valence-corrected chi connectivity index (χ2v) is 7.09. The van der Waals surface area contributed by atoms with Gasteiger partial charge in [-0.25, -0.2) is 0 Å². The summed E-state index contributed by atoms with van der Waals surface area (Å²) in [6.45, 7) is 0.585. The number of guanidine groups is 1. The zero-order valence-corrected chi connectivity index (χ0v) is 16.5. The molecule has 2 rings (SSSR count). The Labute approximate surface area is 154 Å². The van der Waals surface area contributed by atoms with Crippen LogP contribution in [0.2, 0.25) is 0 Å². The smallest absolute Gasteiger partial charge is 0.191 e. The number of nitrogens with one attached hydrogen (secondary N) is 2. The van der Waals surface area contributed by atoms with E-state index in [1.165, 1.54) is 19.3 Å². The molecule has 0 spiro atoms. The number of hydrogen-bond acceptors (Lipinski definition) is 5. The maximum Gasteiger partial charge on any atom is 0.191 e. The van der Waals surface area contributed by atoms with Gasteiger partial charge in [0.05, 0.1) is 21.3 Å². The van der Waals surface area contributed by atoms with E-state index in [-0.39, 0.29) is 0 Å². The second kappa shape index (κ2) is 9.65. The molecule has 0 amide bonds. The molecule has 2 N–H and O–H groups in total. The minimum absolute atomic E-state index is 0.482. The number of methoxy groups -OCH3 is 3. The van der Waals surface area contributed by atoms with Crippen molar-refractivity contribution in [2.45, 2.75) is 37.1 Å². The number of benzene rings is 1. The van der Waals surface area contributed by atoms with Crippen LogP contribution in [0.4, 0.5) is 0 Å². The highest BCUT2D eigenvalue weighted by molar-refractivity contribution is 7.99. The first-order valence-electron chi connectivity index (χ1n) is 8.44. The van der Waals surface area contributed by atoms with Crippen LogP contribution >= 0.6 is 11.8 Å². The van der Waals surface area contributed by atoms with Crippen molar-refractivity contribution < 1.29 is 14.2 Å². The van der Waals surface area contributed by atoms with Gasteiger partial charge in [0.1, 0.15) is 5.75 Å². The fourth-order valence-corrected chi connectivity index (χ4v) is 3.88. The Morgan fingerprint density at radius 1 is 1.12 bits per heavy atom. The molecule has 7 heteroatoms. The summed E-state index contributed by atoms with van der Waals surface area (Å²) in [6.07, 6.45) is 5.82. The summed E-state index contributed by atoms with van der Waals surface area (Å²) in [6, 6.07) is 4.25. The van der Waals surface area contributed by atoms with Gasteiger partial charge < -0.3 is 24.8 Å². The lowest BCUT2D eigenvalue weighted by Gasteiger charge is -2.19. The van der Waals surface area contributed by atoms with E-state index in [1.54, 1.807) is 28.4 Å². The highest BCUT2D eigenvalue weighted by atomic mass is 32.2. The molecule has 0 aromatic heterocycles. The van der Waals surface area contributed by atoms with Gasteiger partial charge in [0, 0.05) is 36.5 Å². The molecule has 140 valence electrons. The van der Waals surface area contributed by atoms with E-state index >= 15 is 0 Å². The van der Waals surface area contributed by atoms with Gasteiger partial charge in [-0.3, -0.25) is 4.99 Å². The van der Waals surface area contributed by atoms with E-state index in [0.717, 1.165) is 22.5 Å². The van der Waals surface area contributed by atoms with Crippen LogP contribution in [0, 0.1) is 0 Å². The Morgan fingerprint density at radius 2 is 1.80 bits per heavy atom. The van der Waals surface area contributed by atoms with Crippen LogP contribution in [0.15, 0.2) is 17.1 Å². The van der Waals surface area contributed by atoms with Crippen molar-refractivity contribution in [3.63, 3.8) is 0 Å². The third kappa shape index (κ3) is 5.11. The quantitative estimate of drug-likeness (QED) is 0.571. The summed E-state index contributed by atoms with van der Waals surface area (Å²) in [5.74, 6) is 2.90. The molecular formula is C18H29N3O3S. The molecule has 2 atom stereocenters. The van der Waals surface area contributed by atoms with E-state index in [1.807, 2.05) is 23.9 Å². The van der Waals surface area contributed by atoms with Crippen molar-refractivity contribution in [1.82, 2.24) is 10.6 Å². The van der Waals surface area contributed by atoms with E-state index in [0.29, 0.717) is 24.1 Å². The lowest BCUT2D eigenvalue weighted by molar-refractivity contribution is 0.347. The topological polar surface area (TPSA) is 64.1 Å². The summed E-state index contributed by atoms with van der Waals surface area (Å²) < 4.78 is 16.2. The second-order valence-electron chi connectivity index (χ2n) is 5.96. The Bertz CT molecular complexity index is 595. The normalized spacial score (nSPS) is 20.3. The molecular weight excluding hydrogens is 338 g/mol. The number of nitrogens with zero attached hydrogens (tertiary/aromatic N) is 1. The van der Waals surface area contributed by atoms with Crippen LogP contribution in [0.3, 0.4) is 0 Å². The maximum atomic E-state index is 5.48. The fourth-order valence-electron chi connectivity index (χ4n) is 3.08. The molecule has 6 nitrogen and oxygen atoms in total. The summed E-state index contributed by atoms with van der Waals surface area (Å²) in [5.41, 5.74) is 0.983. The van der Waals surface area contributed by atoms with Crippen LogP contribution in [-0.4, -0.2) is 51.9 Å². The van der Waals surface area contributed by atoms with Gasteiger partial charge in [0.2, 0.25) is 0 Å². The zero-order chi connectivity index (χ0) is 18.2. The summed E-state index contributed by atoms with van der Waals surface area (Å²) in [4.78, 5) is 4.34. The lowest BCUT2D eigenvalue weighted by atomic mass is 10.1. The Kier molecular flexibility index (Phi) is 7.55. The van der Waals surface area contributed by atoms with Crippen LogP contribution in [0.5, 0.6) is 17.2 Å². The summed E-state index contributed by atoms with van der Waals surface area (Å²) in [7, 11) is 6.69.